The number of hydrogen-bond donors (Lipinski definition) is 2. The largest absolute Gasteiger partial charge is 0.395 e. The van der Waals surface area contributed by atoms with Gasteiger partial charge in [0.25, 0.3) is 0 Å². The van der Waals surface area contributed by atoms with Crippen molar-refractivity contribution in [3.8, 4) is 0 Å². The molecule has 0 radical (unpaired) electrons. The van der Waals surface area contributed by atoms with Gasteiger partial charge in [0.2, 0.25) is 0 Å². The van der Waals surface area contributed by atoms with E-state index in [0.29, 0.717) is 6.42 Å². The first kappa shape index (κ1) is 13.1. The maximum Gasteiger partial charge on any atom is 0.0662 e. The second-order valence-corrected chi connectivity index (χ2v) is 5.20. The van der Waals surface area contributed by atoms with Crippen LogP contribution in [0.2, 0.25) is 0 Å². The Morgan fingerprint density at radius 3 is 2.61 bits per heavy atom. The Labute approximate surface area is 108 Å². The molecule has 2 aliphatic carbocycles. The van der Waals surface area contributed by atoms with Crippen molar-refractivity contribution >= 4 is 0 Å². The Morgan fingerprint density at radius 2 is 1.94 bits per heavy atom. The number of aliphatic hydroxyl groups is 2. The molecule has 1 fully saturated rings. The van der Waals surface area contributed by atoms with Crippen LogP contribution in [0, 0.1) is 11.3 Å². The van der Waals surface area contributed by atoms with Gasteiger partial charge in [-0.15, -0.1) is 0 Å². The highest BCUT2D eigenvalue weighted by atomic mass is 16.3. The van der Waals surface area contributed by atoms with Crippen molar-refractivity contribution in [3.05, 3.63) is 60.3 Å². The van der Waals surface area contributed by atoms with E-state index in [2.05, 4.69) is 6.58 Å². The molecule has 0 heterocycles. The van der Waals surface area contributed by atoms with Crippen molar-refractivity contribution in [2.75, 3.05) is 6.61 Å². The van der Waals surface area contributed by atoms with Gasteiger partial charge in [-0.05, 0) is 12.0 Å². The molecule has 3 unspecified atom stereocenters. The lowest BCUT2D eigenvalue weighted by molar-refractivity contribution is 0.0394. The summed E-state index contributed by atoms with van der Waals surface area (Å²) in [5, 5.41) is 19.6. The highest BCUT2D eigenvalue weighted by molar-refractivity contribution is 5.40. The standard InChI is InChI=1S/C16H20O2/c1-12-14(10-15(18)16(12,2)11-17)13-8-6-4-3-5-7-9-13/h3-9,14-15,17-18H,1,10-11H2,2H3/b4-3-,5-3?,6-4?,7-5-,8-6-,9-7?,13-8?,13-9+. The summed E-state index contributed by atoms with van der Waals surface area (Å²) in [4.78, 5) is 0. The molecule has 0 spiro atoms. The first-order chi connectivity index (χ1) is 8.59. The van der Waals surface area contributed by atoms with E-state index in [1.165, 1.54) is 0 Å². The normalized spacial score (nSPS) is 43.7. The van der Waals surface area contributed by atoms with Crippen LogP contribution in [0.25, 0.3) is 0 Å². The molecule has 96 valence electrons. The summed E-state index contributed by atoms with van der Waals surface area (Å²) in [6, 6.07) is 0. The van der Waals surface area contributed by atoms with E-state index < -0.39 is 11.5 Å². The lowest BCUT2D eigenvalue weighted by atomic mass is 9.81. The van der Waals surface area contributed by atoms with Gasteiger partial charge in [0.15, 0.2) is 0 Å². The summed E-state index contributed by atoms with van der Waals surface area (Å²) in [7, 11) is 0. The van der Waals surface area contributed by atoms with Crippen LogP contribution in [0.3, 0.4) is 0 Å². The Balaban J connectivity index is 2.28. The van der Waals surface area contributed by atoms with Gasteiger partial charge in [0, 0.05) is 11.3 Å². The molecule has 0 aromatic heterocycles. The molecular weight excluding hydrogens is 224 g/mol. The zero-order valence-corrected chi connectivity index (χ0v) is 10.7. The van der Waals surface area contributed by atoms with Crippen molar-refractivity contribution in [3.63, 3.8) is 0 Å². The Morgan fingerprint density at radius 1 is 1.28 bits per heavy atom. The Kier molecular flexibility index (Phi) is 3.69. The SMILES string of the molecule is C=C1C(C2=C/C=C\C=C/C=C\2)CC(O)C1(C)CO. The molecule has 2 heteroatoms. The van der Waals surface area contributed by atoms with Gasteiger partial charge in [-0.1, -0.05) is 61.6 Å². The van der Waals surface area contributed by atoms with Gasteiger partial charge in [-0.25, -0.2) is 0 Å². The van der Waals surface area contributed by atoms with E-state index in [-0.39, 0.29) is 12.5 Å². The highest BCUT2D eigenvalue weighted by Gasteiger charge is 2.46. The second-order valence-electron chi connectivity index (χ2n) is 5.20. The van der Waals surface area contributed by atoms with Crippen LogP contribution >= 0.6 is 0 Å². The minimum atomic E-state index is -0.582. The van der Waals surface area contributed by atoms with Gasteiger partial charge in [0.1, 0.15) is 0 Å². The number of rotatable bonds is 2. The fourth-order valence-electron chi connectivity index (χ4n) is 2.60. The quantitative estimate of drug-likeness (QED) is 0.733. The molecule has 0 saturated heterocycles. The van der Waals surface area contributed by atoms with E-state index in [1.54, 1.807) is 0 Å². The van der Waals surface area contributed by atoms with Crippen LogP contribution in [0.15, 0.2) is 60.3 Å². The summed E-state index contributed by atoms with van der Waals surface area (Å²) >= 11 is 0. The van der Waals surface area contributed by atoms with Crippen LogP contribution in [0.1, 0.15) is 13.3 Å². The monoisotopic (exact) mass is 244 g/mol. The molecule has 2 aliphatic rings. The predicted molar refractivity (Wildman–Crippen MR) is 73.9 cm³/mol. The first-order valence-corrected chi connectivity index (χ1v) is 6.29. The fourth-order valence-corrected chi connectivity index (χ4v) is 2.60. The molecule has 0 aromatic carbocycles. The number of hydrogen-bond acceptors (Lipinski definition) is 2. The number of aliphatic hydroxyl groups excluding tert-OH is 2. The molecular formula is C16H20O2. The van der Waals surface area contributed by atoms with Gasteiger partial charge < -0.3 is 10.2 Å². The minimum absolute atomic E-state index is 0.0593. The van der Waals surface area contributed by atoms with Gasteiger partial charge in [0.05, 0.1) is 12.7 Å². The maximum absolute atomic E-state index is 10.1. The highest BCUT2D eigenvalue weighted by Crippen LogP contribution is 2.48. The van der Waals surface area contributed by atoms with Crippen LogP contribution in [0.4, 0.5) is 0 Å². The average molecular weight is 244 g/mol. The van der Waals surface area contributed by atoms with Crippen molar-refractivity contribution < 1.29 is 10.2 Å². The van der Waals surface area contributed by atoms with E-state index in [0.717, 1.165) is 11.1 Å². The minimum Gasteiger partial charge on any atom is -0.395 e. The molecule has 2 nitrogen and oxygen atoms in total. The van der Waals surface area contributed by atoms with Crippen LogP contribution in [0.5, 0.6) is 0 Å². The van der Waals surface area contributed by atoms with Gasteiger partial charge >= 0.3 is 0 Å². The lowest BCUT2D eigenvalue weighted by Crippen LogP contribution is -2.31. The molecule has 0 aromatic rings. The van der Waals surface area contributed by atoms with Crippen LogP contribution in [-0.4, -0.2) is 22.9 Å². The average Bonchev–Trinajstić information content (AvgIpc) is 2.54. The van der Waals surface area contributed by atoms with E-state index in [9.17, 15) is 10.2 Å². The fraction of sp³-hybridized carbons (Fsp3) is 0.375. The van der Waals surface area contributed by atoms with Crippen molar-refractivity contribution in [1.82, 2.24) is 0 Å². The molecule has 18 heavy (non-hydrogen) atoms. The third kappa shape index (κ3) is 2.14. The molecule has 2 rings (SSSR count). The summed E-state index contributed by atoms with van der Waals surface area (Å²) in [6.07, 6.45) is 14.1. The third-order valence-corrected chi connectivity index (χ3v) is 4.10. The summed E-state index contributed by atoms with van der Waals surface area (Å²) in [5.74, 6) is 0.115. The molecule has 0 aliphatic heterocycles. The van der Waals surface area contributed by atoms with Gasteiger partial charge in [-0.2, -0.15) is 0 Å². The van der Waals surface area contributed by atoms with Crippen molar-refractivity contribution in [2.24, 2.45) is 11.3 Å². The number of allylic oxidation sites excluding steroid dienone is 8. The van der Waals surface area contributed by atoms with Crippen LogP contribution < -0.4 is 0 Å². The van der Waals surface area contributed by atoms with E-state index in [4.69, 9.17) is 0 Å². The predicted octanol–water partition coefficient (Wildman–Crippen LogP) is 2.53. The van der Waals surface area contributed by atoms with Gasteiger partial charge in [-0.3, -0.25) is 0 Å². The Hall–Kier alpha value is -1.38. The zero-order valence-electron chi connectivity index (χ0n) is 10.7. The van der Waals surface area contributed by atoms with Crippen molar-refractivity contribution in [1.29, 1.82) is 0 Å². The molecule has 0 amide bonds. The molecule has 2 N–H and O–H groups in total. The third-order valence-electron chi connectivity index (χ3n) is 4.10. The molecule has 3 atom stereocenters. The summed E-state index contributed by atoms with van der Waals surface area (Å²) in [6.45, 7) is 5.92. The van der Waals surface area contributed by atoms with E-state index in [1.807, 2.05) is 49.5 Å². The summed E-state index contributed by atoms with van der Waals surface area (Å²) < 4.78 is 0. The topological polar surface area (TPSA) is 40.5 Å². The lowest BCUT2D eigenvalue weighted by Gasteiger charge is -2.27. The van der Waals surface area contributed by atoms with Crippen molar-refractivity contribution in [2.45, 2.75) is 19.4 Å². The smallest absolute Gasteiger partial charge is 0.0662 e. The first-order valence-electron chi connectivity index (χ1n) is 6.29. The molecule has 0 bridgehead atoms. The molecule has 1 saturated carbocycles. The van der Waals surface area contributed by atoms with E-state index >= 15 is 0 Å². The maximum atomic E-state index is 10.1. The zero-order chi connectivity index (χ0) is 13.2. The second kappa shape index (κ2) is 5.09. The van der Waals surface area contributed by atoms with Crippen LogP contribution in [-0.2, 0) is 0 Å². The summed E-state index contributed by atoms with van der Waals surface area (Å²) in [5.41, 5.74) is 1.48. The Bertz CT molecular complexity index is 454.